The molecule has 2 atom stereocenters. The van der Waals surface area contributed by atoms with Crippen molar-refractivity contribution in [2.75, 3.05) is 26.3 Å². The molecular weight excluding hydrogens is 203 g/mol. The van der Waals surface area contributed by atoms with E-state index < -0.39 is 0 Å². The zero-order valence-corrected chi connectivity index (χ0v) is 10.4. The van der Waals surface area contributed by atoms with Gasteiger partial charge in [-0.05, 0) is 25.7 Å². The lowest BCUT2D eigenvalue weighted by atomic mass is 9.82. The van der Waals surface area contributed by atoms with Crippen LogP contribution >= 0.6 is 0 Å². The van der Waals surface area contributed by atoms with Crippen LogP contribution in [0.2, 0.25) is 0 Å². The molecule has 2 nitrogen and oxygen atoms in total. The van der Waals surface area contributed by atoms with Gasteiger partial charge < -0.3 is 5.32 Å². The van der Waals surface area contributed by atoms with Crippen molar-refractivity contribution in [2.45, 2.75) is 51.1 Å². The molecule has 0 aromatic rings. The maximum atomic E-state index is 12.5. The lowest BCUT2D eigenvalue weighted by Crippen LogP contribution is -2.58. The van der Waals surface area contributed by atoms with Crippen molar-refractivity contribution >= 4 is 0 Å². The van der Waals surface area contributed by atoms with Crippen LogP contribution in [0.1, 0.15) is 39.0 Å². The topological polar surface area (TPSA) is 15.3 Å². The normalized spacial score (nSPS) is 34.1. The molecule has 2 aliphatic rings. The highest BCUT2D eigenvalue weighted by molar-refractivity contribution is 4.88. The lowest BCUT2D eigenvalue weighted by molar-refractivity contribution is 0.0982. The molecule has 0 spiro atoms. The summed E-state index contributed by atoms with van der Waals surface area (Å²) in [6.45, 7) is 4.68. The molecule has 0 aromatic heterocycles. The van der Waals surface area contributed by atoms with Crippen molar-refractivity contribution in [2.24, 2.45) is 5.92 Å². The first-order valence-electron chi connectivity index (χ1n) is 6.84. The third-order valence-corrected chi connectivity index (χ3v) is 4.32. The summed E-state index contributed by atoms with van der Waals surface area (Å²) in [7, 11) is 0. The van der Waals surface area contributed by atoms with Gasteiger partial charge in [-0.25, -0.2) is 4.39 Å². The van der Waals surface area contributed by atoms with Gasteiger partial charge in [0.1, 0.15) is 6.67 Å². The Morgan fingerprint density at radius 2 is 2.00 bits per heavy atom. The van der Waals surface area contributed by atoms with Crippen LogP contribution in [0.5, 0.6) is 0 Å². The van der Waals surface area contributed by atoms with Gasteiger partial charge in [-0.1, -0.05) is 19.3 Å². The second kappa shape index (κ2) is 5.97. The van der Waals surface area contributed by atoms with E-state index in [-0.39, 0.29) is 6.67 Å². The smallest absolute Gasteiger partial charge is 0.102 e. The van der Waals surface area contributed by atoms with Crippen molar-refractivity contribution in [1.29, 1.82) is 0 Å². The minimum Gasteiger partial charge on any atom is -0.311 e. The molecule has 1 N–H and O–H groups in total. The van der Waals surface area contributed by atoms with E-state index in [0.29, 0.717) is 18.6 Å². The molecule has 0 radical (unpaired) electrons. The number of nitrogens with zero attached hydrogens (tertiary/aromatic N) is 1. The van der Waals surface area contributed by atoms with Crippen LogP contribution in [0.15, 0.2) is 0 Å². The Hall–Kier alpha value is -0.150. The fourth-order valence-corrected chi connectivity index (χ4v) is 3.22. The standard InChI is InChI=1S/C13H25FN2/c1-11-9-15-13(10-16(11)8-7-14)12-5-3-2-4-6-12/h11-13,15H,2-10H2,1H3. The van der Waals surface area contributed by atoms with E-state index in [1.807, 2.05) is 0 Å². The average Bonchev–Trinajstić information content (AvgIpc) is 2.33. The summed E-state index contributed by atoms with van der Waals surface area (Å²) in [6.07, 6.45) is 6.93. The van der Waals surface area contributed by atoms with E-state index in [4.69, 9.17) is 0 Å². The van der Waals surface area contributed by atoms with E-state index in [0.717, 1.165) is 19.0 Å². The van der Waals surface area contributed by atoms with Crippen LogP contribution in [-0.4, -0.2) is 43.3 Å². The van der Waals surface area contributed by atoms with Crippen LogP contribution in [0, 0.1) is 5.92 Å². The highest BCUT2D eigenvalue weighted by Gasteiger charge is 2.30. The number of nitrogens with one attached hydrogen (secondary N) is 1. The summed E-state index contributed by atoms with van der Waals surface area (Å²) in [5.41, 5.74) is 0. The first kappa shape index (κ1) is 12.3. The molecular formula is C13H25FN2. The summed E-state index contributed by atoms with van der Waals surface area (Å²) < 4.78 is 12.5. The number of halogens is 1. The molecule has 0 aromatic carbocycles. The van der Waals surface area contributed by atoms with Gasteiger partial charge in [0.05, 0.1) is 0 Å². The van der Waals surface area contributed by atoms with Crippen LogP contribution in [0.25, 0.3) is 0 Å². The first-order valence-corrected chi connectivity index (χ1v) is 6.84. The summed E-state index contributed by atoms with van der Waals surface area (Å²) in [5.74, 6) is 0.836. The van der Waals surface area contributed by atoms with Crippen LogP contribution in [0.3, 0.4) is 0 Å². The summed E-state index contributed by atoms with van der Waals surface area (Å²) in [6, 6.07) is 1.11. The number of alkyl halides is 1. The van der Waals surface area contributed by atoms with Crippen molar-refractivity contribution in [3.05, 3.63) is 0 Å². The van der Waals surface area contributed by atoms with Gasteiger partial charge in [0, 0.05) is 31.7 Å². The number of hydrogen-bond donors (Lipinski definition) is 1. The molecule has 1 aliphatic heterocycles. The van der Waals surface area contributed by atoms with Gasteiger partial charge in [0.25, 0.3) is 0 Å². The Morgan fingerprint density at radius 1 is 1.25 bits per heavy atom. The van der Waals surface area contributed by atoms with Crippen molar-refractivity contribution < 1.29 is 4.39 Å². The lowest BCUT2D eigenvalue weighted by Gasteiger charge is -2.42. The monoisotopic (exact) mass is 228 g/mol. The molecule has 1 saturated carbocycles. The van der Waals surface area contributed by atoms with Gasteiger partial charge >= 0.3 is 0 Å². The zero-order chi connectivity index (χ0) is 11.4. The van der Waals surface area contributed by atoms with Crippen LogP contribution in [0.4, 0.5) is 4.39 Å². The van der Waals surface area contributed by atoms with Crippen molar-refractivity contribution in [1.82, 2.24) is 10.2 Å². The molecule has 94 valence electrons. The minimum atomic E-state index is -0.207. The van der Waals surface area contributed by atoms with Gasteiger partial charge in [-0.3, -0.25) is 4.90 Å². The van der Waals surface area contributed by atoms with E-state index in [1.165, 1.54) is 32.1 Å². The second-order valence-electron chi connectivity index (χ2n) is 5.45. The van der Waals surface area contributed by atoms with E-state index in [2.05, 4.69) is 17.1 Å². The fourth-order valence-electron chi connectivity index (χ4n) is 3.22. The molecule has 1 aliphatic carbocycles. The third-order valence-electron chi connectivity index (χ3n) is 4.32. The van der Waals surface area contributed by atoms with Gasteiger partial charge in [-0.15, -0.1) is 0 Å². The molecule has 3 heteroatoms. The zero-order valence-electron chi connectivity index (χ0n) is 10.4. The SMILES string of the molecule is CC1CNC(C2CCCCC2)CN1CCF. The maximum absolute atomic E-state index is 12.5. The molecule has 2 rings (SSSR count). The highest BCUT2D eigenvalue weighted by atomic mass is 19.1. The molecule has 2 fully saturated rings. The quantitative estimate of drug-likeness (QED) is 0.796. The van der Waals surface area contributed by atoms with Gasteiger partial charge in [0.15, 0.2) is 0 Å². The predicted molar refractivity (Wildman–Crippen MR) is 65.4 cm³/mol. The van der Waals surface area contributed by atoms with Crippen LogP contribution in [-0.2, 0) is 0 Å². The molecule has 1 saturated heterocycles. The third kappa shape index (κ3) is 2.95. The second-order valence-corrected chi connectivity index (χ2v) is 5.45. The van der Waals surface area contributed by atoms with E-state index in [9.17, 15) is 4.39 Å². The average molecular weight is 228 g/mol. The molecule has 0 bridgehead atoms. The van der Waals surface area contributed by atoms with E-state index in [1.54, 1.807) is 0 Å². The maximum Gasteiger partial charge on any atom is 0.102 e. The summed E-state index contributed by atoms with van der Waals surface area (Å²) in [4.78, 5) is 2.32. The number of rotatable bonds is 3. The largest absolute Gasteiger partial charge is 0.311 e. The number of hydrogen-bond acceptors (Lipinski definition) is 2. The molecule has 0 amide bonds. The Morgan fingerprint density at radius 3 is 2.69 bits per heavy atom. The Labute approximate surface area is 98.6 Å². The molecule has 1 heterocycles. The molecule has 16 heavy (non-hydrogen) atoms. The van der Waals surface area contributed by atoms with Crippen LogP contribution < -0.4 is 5.32 Å². The van der Waals surface area contributed by atoms with Crippen molar-refractivity contribution in [3.63, 3.8) is 0 Å². The Kier molecular flexibility index (Phi) is 4.59. The molecule has 2 unspecified atom stereocenters. The Bertz CT molecular complexity index is 204. The Balaban J connectivity index is 1.86. The first-order chi connectivity index (χ1) is 7.81. The summed E-state index contributed by atoms with van der Waals surface area (Å²) >= 11 is 0. The summed E-state index contributed by atoms with van der Waals surface area (Å²) in [5, 5.41) is 3.66. The fraction of sp³-hybridized carbons (Fsp3) is 1.00. The minimum absolute atomic E-state index is 0.207. The van der Waals surface area contributed by atoms with Gasteiger partial charge in [0.2, 0.25) is 0 Å². The van der Waals surface area contributed by atoms with Gasteiger partial charge in [-0.2, -0.15) is 0 Å². The predicted octanol–water partition coefficient (Wildman–Crippen LogP) is 2.20. The highest BCUT2D eigenvalue weighted by Crippen LogP contribution is 2.28. The van der Waals surface area contributed by atoms with E-state index >= 15 is 0 Å². The van der Waals surface area contributed by atoms with Crippen molar-refractivity contribution in [3.8, 4) is 0 Å². The number of piperazine rings is 1.